The lowest BCUT2D eigenvalue weighted by atomic mass is 9.76. The van der Waals surface area contributed by atoms with Crippen LogP contribution in [0.2, 0.25) is 0 Å². The predicted molar refractivity (Wildman–Crippen MR) is 275 cm³/mol. The Balaban J connectivity index is 1.02. The van der Waals surface area contributed by atoms with E-state index in [1.807, 2.05) is 0 Å². The van der Waals surface area contributed by atoms with Crippen LogP contribution in [0.25, 0.3) is 65.7 Å². The van der Waals surface area contributed by atoms with E-state index in [9.17, 15) is 0 Å². The molecule has 1 heteroatoms. The van der Waals surface area contributed by atoms with E-state index < -0.39 is 0 Å². The third-order valence-corrected chi connectivity index (χ3v) is 13.9. The molecule has 0 aliphatic heterocycles. The predicted octanol–water partition coefficient (Wildman–Crippen LogP) is 18.3. The van der Waals surface area contributed by atoms with Gasteiger partial charge in [-0.15, -0.1) is 0 Å². The smallest absolute Gasteiger partial charge is 0.0462 e. The van der Waals surface area contributed by atoms with Crippen molar-refractivity contribution in [2.24, 2.45) is 0 Å². The molecule has 0 aromatic heterocycles. The van der Waals surface area contributed by atoms with Crippen LogP contribution in [0, 0.1) is 0 Å². The molecule has 0 bridgehead atoms. The van der Waals surface area contributed by atoms with Crippen molar-refractivity contribution >= 4 is 60.5 Å². The molecule has 11 rings (SSSR count). The largest absolute Gasteiger partial charge is 0.311 e. The zero-order valence-electron chi connectivity index (χ0n) is 36.6. The lowest BCUT2D eigenvalue weighted by Crippen LogP contribution is -2.10. The highest BCUT2D eigenvalue weighted by atomic mass is 15.1. The van der Waals surface area contributed by atoms with Crippen LogP contribution in [0.3, 0.4) is 0 Å². The number of benzene rings is 9. The maximum atomic E-state index is 4.87. The number of hydrogen-bond acceptors (Lipinski definition) is 1. The Bertz CT molecular complexity index is 3090. The summed E-state index contributed by atoms with van der Waals surface area (Å²) >= 11 is 0. The number of fused-ring (bicyclic) bond motifs is 7. The van der Waals surface area contributed by atoms with Crippen molar-refractivity contribution in [3.63, 3.8) is 0 Å². The van der Waals surface area contributed by atoms with Gasteiger partial charge < -0.3 is 4.90 Å². The van der Waals surface area contributed by atoms with Crippen molar-refractivity contribution in [2.45, 2.75) is 57.8 Å². The Morgan fingerprint density at radius 2 is 0.656 bits per heavy atom. The van der Waals surface area contributed by atoms with Gasteiger partial charge in [0.25, 0.3) is 0 Å². The van der Waals surface area contributed by atoms with Crippen molar-refractivity contribution < 1.29 is 0 Å². The summed E-state index contributed by atoms with van der Waals surface area (Å²) in [5, 5.41) is 8.02. The number of hydrogen-bond donors (Lipinski definition) is 0. The SMILES string of the molecule is C=C1CCCCC/C(c2ccc3c4ccccc4c4ccccc4c3c2)=C2/CCCCC2=C1c1ccc(N(c2ccc(-c3ccccc3)cc2)c2ccc(-c3ccccc3)cc2)cc1. The maximum absolute atomic E-state index is 4.87. The molecular weight excluding hydrogens is 771 g/mol. The van der Waals surface area contributed by atoms with E-state index in [1.54, 1.807) is 11.1 Å². The summed E-state index contributed by atoms with van der Waals surface area (Å²) < 4.78 is 0. The van der Waals surface area contributed by atoms with Gasteiger partial charge in [0.05, 0.1) is 0 Å². The summed E-state index contributed by atoms with van der Waals surface area (Å²) in [4.78, 5) is 2.39. The van der Waals surface area contributed by atoms with Crippen LogP contribution in [0.15, 0.2) is 223 Å². The highest BCUT2D eigenvalue weighted by molar-refractivity contribution is 6.25. The van der Waals surface area contributed by atoms with Gasteiger partial charge in [-0.05, 0) is 187 Å². The van der Waals surface area contributed by atoms with Crippen molar-refractivity contribution in [3.8, 4) is 22.3 Å². The summed E-state index contributed by atoms with van der Waals surface area (Å²) in [5.41, 5.74) is 18.2. The van der Waals surface area contributed by atoms with Crippen molar-refractivity contribution in [1.29, 1.82) is 0 Å². The van der Waals surface area contributed by atoms with E-state index >= 15 is 0 Å². The minimum absolute atomic E-state index is 1.03. The summed E-state index contributed by atoms with van der Waals surface area (Å²) in [6, 6.07) is 74.0. The van der Waals surface area contributed by atoms with Crippen molar-refractivity contribution in [1.82, 2.24) is 0 Å². The summed E-state index contributed by atoms with van der Waals surface area (Å²) in [5.74, 6) is 0. The van der Waals surface area contributed by atoms with Gasteiger partial charge in [0.2, 0.25) is 0 Å². The number of nitrogens with zero attached hydrogens (tertiary/aromatic N) is 1. The second-order valence-corrected chi connectivity index (χ2v) is 17.7. The quantitative estimate of drug-likeness (QED) is 0.145. The van der Waals surface area contributed by atoms with Gasteiger partial charge in [0.15, 0.2) is 0 Å². The molecule has 0 heterocycles. The molecule has 1 nitrogen and oxygen atoms in total. The van der Waals surface area contributed by atoms with Crippen LogP contribution in [0.5, 0.6) is 0 Å². The Labute approximate surface area is 378 Å². The molecule has 0 atom stereocenters. The molecule has 0 saturated heterocycles. The molecule has 1 fully saturated rings. The second kappa shape index (κ2) is 17.5. The Morgan fingerprint density at radius 1 is 0.281 bits per heavy atom. The number of anilines is 3. The molecule has 0 amide bonds. The maximum Gasteiger partial charge on any atom is 0.0462 e. The second-order valence-electron chi connectivity index (χ2n) is 17.7. The average Bonchev–Trinajstić information content (AvgIpc) is 3.37. The third-order valence-electron chi connectivity index (χ3n) is 13.9. The van der Waals surface area contributed by atoms with Gasteiger partial charge in [-0.25, -0.2) is 0 Å². The Hall–Kier alpha value is -7.22. The molecular formula is C63H53N. The van der Waals surface area contributed by atoms with Crippen molar-refractivity contribution in [3.05, 3.63) is 235 Å². The van der Waals surface area contributed by atoms with Crippen molar-refractivity contribution in [2.75, 3.05) is 4.90 Å². The fourth-order valence-corrected chi connectivity index (χ4v) is 10.7. The highest BCUT2D eigenvalue weighted by Gasteiger charge is 2.25. The zero-order chi connectivity index (χ0) is 42.8. The minimum atomic E-state index is 1.03. The molecule has 1 saturated carbocycles. The van der Waals surface area contributed by atoms with Gasteiger partial charge in [-0.3, -0.25) is 0 Å². The highest BCUT2D eigenvalue weighted by Crippen LogP contribution is 2.46. The number of rotatable bonds is 7. The van der Waals surface area contributed by atoms with E-state index in [-0.39, 0.29) is 0 Å². The summed E-state index contributed by atoms with van der Waals surface area (Å²) in [7, 11) is 0. The van der Waals surface area contributed by atoms with Crippen LogP contribution in [-0.2, 0) is 0 Å². The van der Waals surface area contributed by atoms with Gasteiger partial charge in [0.1, 0.15) is 0 Å². The molecule has 64 heavy (non-hydrogen) atoms. The van der Waals surface area contributed by atoms with Gasteiger partial charge in [-0.1, -0.05) is 171 Å². The average molecular weight is 824 g/mol. The lowest BCUT2D eigenvalue weighted by molar-refractivity contribution is 0.662. The van der Waals surface area contributed by atoms with Gasteiger partial charge >= 0.3 is 0 Å². The third kappa shape index (κ3) is 7.56. The van der Waals surface area contributed by atoms with E-state index in [0.717, 1.165) is 49.2 Å². The molecule has 0 unspecified atom stereocenters. The fourth-order valence-electron chi connectivity index (χ4n) is 10.7. The molecule has 2 aliphatic carbocycles. The zero-order valence-corrected chi connectivity index (χ0v) is 36.6. The topological polar surface area (TPSA) is 3.24 Å². The van der Waals surface area contributed by atoms with Gasteiger partial charge in [0, 0.05) is 17.1 Å². The van der Waals surface area contributed by atoms with Gasteiger partial charge in [-0.2, -0.15) is 0 Å². The van der Waals surface area contributed by atoms with E-state index in [0.29, 0.717) is 0 Å². The monoisotopic (exact) mass is 823 g/mol. The van der Waals surface area contributed by atoms with E-state index in [2.05, 4.69) is 205 Å². The molecule has 9 aromatic carbocycles. The van der Waals surface area contributed by atoms with Crippen LogP contribution < -0.4 is 4.90 Å². The minimum Gasteiger partial charge on any atom is -0.311 e. The summed E-state index contributed by atoms with van der Waals surface area (Å²) in [6.07, 6.45) is 10.3. The molecule has 0 N–H and O–H groups in total. The molecule has 2 aliphatic rings. The molecule has 0 spiro atoms. The Morgan fingerprint density at radius 3 is 1.19 bits per heavy atom. The van der Waals surface area contributed by atoms with E-state index in [4.69, 9.17) is 6.58 Å². The first-order chi connectivity index (χ1) is 31.7. The first-order valence-electron chi connectivity index (χ1n) is 23.4. The summed E-state index contributed by atoms with van der Waals surface area (Å²) in [6.45, 7) is 4.87. The normalized spacial score (nSPS) is 16.0. The first-order valence-corrected chi connectivity index (χ1v) is 23.4. The van der Waals surface area contributed by atoms with Crippen LogP contribution in [0.4, 0.5) is 17.1 Å². The molecule has 0 radical (unpaired) electrons. The standard InChI is InChI=1S/C63H53N/c1-44-17-5-2-10-22-54(50-35-42-60-58-26-12-11-24-56(58)57-25-13-14-27-59(57)62(60)43-50)55-23-15-16-28-61(55)63(44)49-33-40-53(41-34-49)64(51-36-29-47(30-37-51)45-18-6-3-7-19-45)52-38-31-48(32-39-52)46-20-8-4-9-21-46/h3-4,6-9,11-14,18-21,24-27,29-43H,1-2,5,10,15-17,22-23,28H2/b55-54+,63-61?. The van der Waals surface area contributed by atoms with E-state index in [1.165, 1.54) is 108 Å². The van der Waals surface area contributed by atoms with Crippen LogP contribution in [0.1, 0.15) is 68.9 Å². The number of allylic oxidation sites excluding steroid dienone is 5. The van der Waals surface area contributed by atoms with Crippen LogP contribution in [-0.4, -0.2) is 0 Å². The Kier molecular flexibility index (Phi) is 10.8. The fraction of sp³-hybridized carbons (Fsp3) is 0.143. The molecule has 310 valence electrons. The lowest BCUT2D eigenvalue weighted by Gasteiger charge is -2.29. The molecule has 9 aromatic rings. The first kappa shape index (κ1) is 39.6. The van der Waals surface area contributed by atoms with Crippen LogP contribution >= 0.6 is 0 Å².